The number of amides is 3. The van der Waals surface area contributed by atoms with Crippen molar-refractivity contribution in [3.63, 3.8) is 0 Å². The molecule has 1 aliphatic heterocycles. The Morgan fingerprint density at radius 3 is 2.04 bits per heavy atom. The van der Waals surface area contributed by atoms with E-state index in [-0.39, 0.29) is 29.7 Å². The molecule has 25 heavy (non-hydrogen) atoms. The predicted molar refractivity (Wildman–Crippen MR) is 93.2 cm³/mol. The highest BCUT2D eigenvalue weighted by Crippen LogP contribution is 2.55. The van der Waals surface area contributed by atoms with Gasteiger partial charge in [-0.1, -0.05) is 0 Å². The number of hydrogen-bond acceptors (Lipinski definition) is 3. The average molecular weight is 350 g/mol. The minimum absolute atomic E-state index is 0.0477. The zero-order valence-corrected chi connectivity index (χ0v) is 15.5. The van der Waals surface area contributed by atoms with Crippen molar-refractivity contribution in [3.05, 3.63) is 0 Å². The molecule has 5 fully saturated rings. The molecular weight excluding hydrogens is 318 g/mol. The lowest BCUT2D eigenvalue weighted by molar-refractivity contribution is -0.907. The van der Waals surface area contributed by atoms with Crippen molar-refractivity contribution in [1.29, 1.82) is 0 Å². The molecule has 4 bridgehead atoms. The van der Waals surface area contributed by atoms with Gasteiger partial charge in [0.15, 0.2) is 6.54 Å². The first-order valence-electron chi connectivity index (χ1n) is 10.00. The molecule has 140 valence electrons. The summed E-state index contributed by atoms with van der Waals surface area (Å²) in [6.07, 6.45) is 7.66. The second kappa shape index (κ2) is 6.54. The van der Waals surface area contributed by atoms with Gasteiger partial charge >= 0.3 is 6.03 Å². The van der Waals surface area contributed by atoms with Crippen LogP contribution in [0.1, 0.15) is 52.4 Å². The van der Waals surface area contributed by atoms with Crippen LogP contribution in [-0.2, 0) is 9.53 Å². The number of urea groups is 1. The Kier molecular flexibility index (Phi) is 4.52. The van der Waals surface area contributed by atoms with Gasteiger partial charge in [-0.15, -0.1) is 0 Å². The van der Waals surface area contributed by atoms with Gasteiger partial charge in [-0.3, -0.25) is 10.1 Å². The minimum Gasteiger partial charge on any atom is -0.364 e. The maximum Gasteiger partial charge on any atom is 0.322 e. The Labute approximate surface area is 150 Å². The third-order valence-corrected chi connectivity index (χ3v) is 6.70. The number of morpholine rings is 1. The summed E-state index contributed by atoms with van der Waals surface area (Å²) in [5.74, 6) is 2.16. The van der Waals surface area contributed by atoms with Crippen molar-refractivity contribution in [2.24, 2.45) is 17.8 Å². The third-order valence-electron chi connectivity index (χ3n) is 6.70. The molecule has 6 nitrogen and oxygen atoms in total. The molecule has 6 heteroatoms. The van der Waals surface area contributed by atoms with Gasteiger partial charge in [-0.05, 0) is 70.1 Å². The van der Waals surface area contributed by atoms with E-state index in [0.29, 0.717) is 6.54 Å². The van der Waals surface area contributed by atoms with Gasteiger partial charge in [0.2, 0.25) is 0 Å². The topological polar surface area (TPSA) is 71.9 Å². The van der Waals surface area contributed by atoms with Crippen LogP contribution < -0.4 is 15.5 Å². The largest absolute Gasteiger partial charge is 0.364 e. The number of carbonyl (C=O) groups excluding carboxylic acids is 2. The van der Waals surface area contributed by atoms with E-state index in [2.05, 4.69) is 10.6 Å². The van der Waals surface area contributed by atoms with Crippen LogP contribution in [-0.4, -0.2) is 49.3 Å². The Morgan fingerprint density at radius 1 is 1.00 bits per heavy atom. The standard InChI is InChI=1S/C19H31N3O3/c1-12-9-22(10-13(2)25-12)11-17(23)20-18(24)21-19-6-14-3-15(7-19)5-16(4-14)8-19/h12-16H,3-11H2,1-2H3,(H2,20,21,23,24)/p+1/t12-,13+,14?,15?,16?,19?. The molecule has 3 N–H and O–H groups in total. The third kappa shape index (κ3) is 3.85. The van der Waals surface area contributed by atoms with Gasteiger partial charge < -0.3 is 15.0 Å². The number of nitrogens with one attached hydrogen (secondary N) is 3. The zero-order valence-electron chi connectivity index (χ0n) is 15.5. The summed E-state index contributed by atoms with van der Waals surface area (Å²) in [5.41, 5.74) is -0.0477. The molecule has 1 heterocycles. The molecule has 5 aliphatic rings. The quantitative estimate of drug-likeness (QED) is 0.693. The number of imide groups is 1. The molecule has 1 unspecified atom stereocenters. The smallest absolute Gasteiger partial charge is 0.322 e. The molecule has 3 atom stereocenters. The summed E-state index contributed by atoms with van der Waals surface area (Å²) < 4.78 is 5.71. The van der Waals surface area contributed by atoms with E-state index < -0.39 is 0 Å². The number of rotatable bonds is 3. The van der Waals surface area contributed by atoms with Crippen molar-refractivity contribution < 1.29 is 19.2 Å². The number of ether oxygens (including phenoxy) is 1. The number of carbonyl (C=O) groups is 2. The van der Waals surface area contributed by atoms with Gasteiger partial charge in [-0.2, -0.15) is 0 Å². The molecule has 1 saturated heterocycles. The van der Waals surface area contributed by atoms with Gasteiger partial charge in [0.1, 0.15) is 25.3 Å². The molecule has 0 aromatic carbocycles. The van der Waals surface area contributed by atoms with E-state index in [9.17, 15) is 9.59 Å². The fourth-order valence-electron chi connectivity index (χ4n) is 6.47. The summed E-state index contributed by atoms with van der Waals surface area (Å²) in [7, 11) is 0. The molecular formula is C19H32N3O3+. The van der Waals surface area contributed by atoms with Crippen LogP contribution in [0.25, 0.3) is 0 Å². The first kappa shape index (κ1) is 17.3. The maximum atomic E-state index is 12.4. The van der Waals surface area contributed by atoms with Crippen LogP contribution in [0.4, 0.5) is 4.79 Å². The van der Waals surface area contributed by atoms with E-state index in [0.717, 1.165) is 50.1 Å². The van der Waals surface area contributed by atoms with Crippen LogP contribution in [0.3, 0.4) is 0 Å². The maximum absolute atomic E-state index is 12.4. The molecule has 0 aromatic heterocycles. The van der Waals surface area contributed by atoms with E-state index >= 15 is 0 Å². The molecule has 0 radical (unpaired) electrons. The molecule has 3 amide bonds. The second-order valence-corrected chi connectivity index (χ2v) is 9.29. The van der Waals surface area contributed by atoms with Gasteiger partial charge in [0.05, 0.1) is 0 Å². The Morgan fingerprint density at radius 2 is 1.52 bits per heavy atom. The van der Waals surface area contributed by atoms with Crippen molar-refractivity contribution in [1.82, 2.24) is 10.6 Å². The van der Waals surface area contributed by atoms with Gasteiger partial charge in [0.25, 0.3) is 5.91 Å². The zero-order chi connectivity index (χ0) is 17.6. The Bertz CT molecular complexity index is 505. The van der Waals surface area contributed by atoms with Gasteiger partial charge in [0, 0.05) is 5.54 Å². The van der Waals surface area contributed by atoms with Crippen LogP contribution in [0, 0.1) is 17.8 Å². The van der Waals surface area contributed by atoms with E-state index in [1.807, 2.05) is 13.8 Å². The fourth-order valence-corrected chi connectivity index (χ4v) is 6.47. The fraction of sp³-hybridized carbons (Fsp3) is 0.895. The van der Waals surface area contributed by atoms with E-state index in [1.54, 1.807) is 0 Å². The Balaban J connectivity index is 1.28. The summed E-state index contributed by atoms with van der Waals surface area (Å²) in [5, 5.41) is 5.79. The summed E-state index contributed by atoms with van der Waals surface area (Å²) in [4.78, 5) is 25.9. The highest BCUT2D eigenvalue weighted by atomic mass is 16.5. The summed E-state index contributed by atoms with van der Waals surface area (Å²) in [6, 6.07) is -0.291. The van der Waals surface area contributed by atoms with Gasteiger partial charge in [-0.25, -0.2) is 4.79 Å². The van der Waals surface area contributed by atoms with Crippen molar-refractivity contribution in [2.45, 2.75) is 70.1 Å². The van der Waals surface area contributed by atoms with E-state index in [1.165, 1.54) is 24.2 Å². The average Bonchev–Trinajstić information content (AvgIpc) is 2.42. The second-order valence-electron chi connectivity index (χ2n) is 9.29. The number of quaternary nitrogens is 1. The minimum atomic E-state index is -0.291. The number of hydrogen-bond donors (Lipinski definition) is 3. The van der Waals surface area contributed by atoms with Crippen molar-refractivity contribution >= 4 is 11.9 Å². The molecule has 4 saturated carbocycles. The summed E-state index contributed by atoms with van der Waals surface area (Å²) >= 11 is 0. The highest BCUT2D eigenvalue weighted by molar-refractivity contribution is 5.95. The molecule has 0 aromatic rings. The van der Waals surface area contributed by atoms with Crippen LogP contribution >= 0.6 is 0 Å². The lowest BCUT2D eigenvalue weighted by atomic mass is 9.53. The van der Waals surface area contributed by atoms with Crippen LogP contribution in [0.2, 0.25) is 0 Å². The van der Waals surface area contributed by atoms with Crippen molar-refractivity contribution in [3.8, 4) is 0 Å². The molecule has 5 rings (SSSR count). The molecule has 0 spiro atoms. The normalized spacial score (nSPS) is 45.2. The first-order valence-corrected chi connectivity index (χ1v) is 10.00. The van der Waals surface area contributed by atoms with Crippen LogP contribution in [0.15, 0.2) is 0 Å². The highest BCUT2D eigenvalue weighted by Gasteiger charge is 2.51. The summed E-state index contributed by atoms with van der Waals surface area (Å²) in [6.45, 7) is 6.04. The lowest BCUT2D eigenvalue weighted by Crippen LogP contribution is -3.16. The van der Waals surface area contributed by atoms with Crippen molar-refractivity contribution in [2.75, 3.05) is 19.6 Å². The molecule has 4 aliphatic carbocycles. The SMILES string of the molecule is C[C@@H]1C[NH+](CC(=O)NC(=O)NC23CC4CC(CC(C4)C2)C3)C[C@H](C)O1. The first-order chi connectivity index (χ1) is 11.9. The predicted octanol–water partition coefficient (Wildman–Crippen LogP) is 0.473. The Hall–Kier alpha value is -1.14. The lowest BCUT2D eigenvalue weighted by Gasteiger charge is -2.56. The van der Waals surface area contributed by atoms with Crippen LogP contribution in [0.5, 0.6) is 0 Å². The van der Waals surface area contributed by atoms with E-state index in [4.69, 9.17) is 4.74 Å². The monoisotopic (exact) mass is 350 g/mol.